The lowest BCUT2D eigenvalue weighted by molar-refractivity contribution is 0.541. The summed E-state index contributed by atoms with van der Waals surface area (Å²) in [5, 5.41) is 0.901. The number of ether oxygens (including phenoxy) is 1. The van der Waals surface area contributed by atoms with Gasteiger partial charge < -0.3 is 4.74 Å². The summed E-state index contributed by atoms with van der Waals surface area (Å²) in [7, 11) is 0. The standard InChI is InChI=1S/C15H15ClN2OS/c1-10-4-3-5-14(11(10)2)17-18-15(20)19-13-8-6-12(16)7-9-13/h3-9,17H,1-2H3,(H,18,20). The molecule has 0 fully saturated rings. The zero-order valence-corrected chi connectivity index (χ0v) is 12.8. The first kappa shape index (κ1) is 14.6. The zero-order valence-electron chi connectivity index (χ0n) is 11.2. The third-order valence-corrected chi connectivity index (χ3v) is 3.37. The van der Waals surface area contributed by atoms with Crippen LogP contribution in [0.3, 0.4) is 0 Å². The molecule has 0 amide bonds. The van der Waals surface area contributed by atoms with Crippen LogP contribution in [0.2, 0.25) is 5.02 Å². The number of thiocarbonyl (C=S) groups is 1. The van der Waals surface area contributed by atoms with Crippen molar-refractivity contribution in [2.75, 3.05) is 5.43 Å². The Bertz CT molecular complexity index is 614. The van der Waals surface area contributed by atoms with E-state index in [2.05, 4.69) is 23.8 Å². The minimum atomic E-state index is 0.244. The Labute approximate surface area is 128 Å². The summed E-state index contributed by atoms with van der Waals surface area (Å²) in [6.07, 6.45) is 0. The summed E-state index contributed by atoms with van der Waals surface area (Å²) in [6.45, 7) is 4.10. The number of hydrogen-bond donors (Lipinski definition) is 2. The third kappa shape index (κ3) is 3.85. The molecule has 0 aliphatic carbocycles. The van der Waals surface area contributed by atoms with Crippen molar-refractivity contribution in [3.8, 4) is 5.75 Å². The smallest absolute Gasteiger partial charge is 0.281 e. The molecule has 0 radical (unpaired) electrons. The van der Waals surface area contributed by atoms with Crippen LogP contribution in [0.1, 0.15) is 11.1 Å². The second-order valence-corrected chi connectivity index (χ2v) is 5.15. The van der Waals surface area contributed by atoms with E-state index in [1.165, 1.54) is 5.56 Å². The fourth-order valence-corrected chi connectivity index (χ4v) is 1.91. The molecule has 2 aromatic carbocycles. The summed E-state index contributed by atoms with van der Waals surface area (Å²) < 4.78 is 5.46. The highest BCUT2D eigenvalue weighted by Crippen LogP contribution is 2.17. The lowest BCUT2D eigenvalue weighted by Crippen LogP contribution is -2.32. The van der Waals surface area contributed by atoms with E-state index in [9.17, 15) is 0 Å². The highest BCUT2D eigenvalue weighted by Gasteiger charge is 2.02. The summed E-state index contributed by atoms with van der Waals surface area (Å²) in [5.41, 5.74) is 9.24. The molecule has 104 valence electrons. The molecule has 0 aromatic heterocycles. The van der Waals surface area contributed by atoms with Crippen LogP contribution in [0.4, 0.5) is 5.69 Å². The number of aryl methyl sites for hydroxylation is 1. The van der Waals surface area contributed by atoms with Gasteiger partial charge in [0, 0.05) is 5.02 Å². The van der Waals surface area contributed by atoms with Crippen molar-refractivity contribution in [2.45, 2.75) is 13.8 Å². The molecule has 0 aliphatic rings. The second kappa shape index (κ2) is 6.59. The van der Waals surface area contributed by atoms with Gasteiger partial charge in [-0.25, -0.2) is 0 Å². The van der Waals surface area contributed by atoms with Crippen molar-refractivity contribution in [2.24, 2.45) is 0 Å². The first-order valence-corrected chi connectivity index (χ1v) is 6.90. The summed E-state index contributed by atoms with van der Waals surface area (Å²) >= 11 is 10.9. The van der Waals surface area contributed by atoms with Gasteiger partial charge in [-0.2, -0.15) is 0 Å². The van der Waals surface area contributed by atoms with Gasteiger partial charge in [0.05, 0.1) is 5.69 Å². The lowest BCUT2D eigenvalue weighted by Gasteiger charge is -2.14. The van der Waals surface area contributed by atoms with E-state index < -0.39 is 0 Å². The summed E-state index contributed by atoms with van der Waals surface area (Å²) in [4.78, 5) is 0. The van der Waals surface area contributed by atoms with Crippen LogP contribution in [0.25, 0.3) is 0 Å². The van der Waals surface area contributed by atoms with E-state index in [0.29, 0.717) is 10.8 Å². The molecule has 0 spiro atoms. The Balaban J connectivity index is 1.92. The van der Waals surface area contributed by atoms with Crippen molar-refractivity contribution < 1.29 is 4.74 Å². The van der Waals surface area contributed by atoms with Crippen molar-refractivity contribution in [1.29, 1.82) is 0 Å². The van der Waals surface area contributed by atoms with E-state index in [-0.39, 0.29) is 5.17 Å². The van der Waals surface area contributed by atoms with Crippen LogP contribution in [0.15, 0.2) is 42.5 Å². The Hall–Kier alpha value is -1.78. The van der Waals surface area contributed by atoms with Crippen LogP contribution in [-0.4, -0.2) is 5.17 Å². The number of hydrazine groups is 1. The van der Waals surface area contributed by atoms with Gasteiger partial charge in [-0.3, -0.25) is 10.9 Å². The second-order valence-electron chi connectivity index (χ2n) is 4.34. The lowest BCUT2D eigenvalue weighted by atomic mass is 10.1. The number of hydrogen-bond acceptors (Lipinski definition) is 3. The van der Waals surface area contributed by atoms with E-state index in [1.54, 1.807) is 24.3 Å². The molecule has 0 unspecified atom stereocenters. The maximum Gasteiger partial charge on any atom is 0.281 e. The van der Waals surface area contributed by atoms with Crippen LogP contribution in [0, 0.1) is 13.8 Å². The van der Waals surface area contributed by atoms with E-state index in [1.807, 2.05) is 19.1 Å². The Kier molecular flexibility index (Phi) is 4.82. The number of anilines is 1. The average Bonchev–Trinajstić information content (AvgIpc) is 2.43. The number of halogens is 1. The van der Waals surface area contributed by atoms with Gasteiger partial charge in [-0.15, -0.1) is 0 Å². The van der Waals surface area contributed by atoms with Crippen molar-refractivity contribution in [3.05, 3.63) is 58.6 Å². The molecule has 2 rings (SSSR count). The monoisotopic (exact) mass is 306 g/mol. The predicted molar refractivity (Wildman–Crippen MR) is 87.4 cm³/mol. The first-order valence-electron chi connectivity index (χ1n) is 6.12. The van der Waals surface area contributed by atoms with Crippen LogP contribution in [0.5, 0.6) is 5.75 Å². The van der Waals surface area contributed by atoms with Crippen molar-refractivity contribution in [1.82, 2.24) is 5.43 Å². The minimum absolute atomic E-state index is 0.244. The molecule has 2 N–H and O–H groups in total. The van der Waals surface area contributed by atoms with Gasteiger partial charge >= 0.3 is 0 Å². The molecule has 0 saturated carbocycles. The van der Waals surface area contributed by atoms with Crippen molar-refractivity contribution >= 4 is 34.7 Å². The van der Waals surface area contributed by atoms with E-state index >= 15 is 0 Å². The molecular weight excluding hydrogens is 292 g/mol. The van der Waals surface area contributed by atoms with Gasteiger partial charge in [0.2, 0.25) is 0 Å². The number of nitrogens with one attached hydrogen (secondary N) is 2. The SMILES string of the molecule is Cc1cccc(NNC(=S)Oc2ccc(Cl)cc2)c1C. The Morgan fingerprint density at radius 1 is 1.10 bits per heavy atom. The molecule has 0 heterocycles. The average molecular weight is 307 g/mol. The molecule has 0 aliphatic heterocycles. The highest BCUT2D eigenvalue weighted by atomic mass is 35.5. The van der Waals surface area contributed by atoms with Gasteiger partial charge in [0.15, 0.2) is 0 Å². The highest BCUT2D eigenvalue weighted by molar-refractivity contribution is 7.80. The summed E-state index contributed by atoms with van der Waals surface area (Å²) in [6, 6.07) is 13.0. The molecule has 3 nitrogen and oxygen atoms in total. The predicted octanol–water partition coefficient (Wildman–Crippen LogP) is 4.24. The minimum Gasteiger partial charge on any atom is -0.431 e. The van der Waals surface area contributed by atoms with Crippen LogP contribution in [-0.2, 0) is 0 Å². The molecule has 2 aromatic rings. The van der Waals surface area contributed by atoms with E-state index in [0.717, 1.165) is 11.3 Å². The van der Waals surface area contributed by atoms with Gasteiger partial charge in [-0.1, -0.05) is 23.7 Å². The van der Waals surface area contributed by atoms with Crippen molar-refractivity contribution in [3.63, 3.8) is 0 Å². The Morgan fingerprint density at radius 3 is 2.50 bits per heavy atom. The van der Waals surface area contributed by atoms with Crippen LogP contribution >= 0.6 is 23.8 Å². The fourth-order valence-electron chi connectivity index (χ4n) is 1.64. The fraction of sp³-hybridized carbons (Fsp3) is 0.133. The largest absolute Gasteiger partial charge is 0.431 e. The topological polar surface area (TPSA) is 33.3 Å². The van der Waals surface area contributed by atoms with Gasteiger partial charge in [-0.05, 0) is 67.5 Å². The third-order valence-electron chi connectivity index (χ3n) is 2.93. The summed E-state index contributed by atoms with van der Waals surface area (Å²) in [5.74, 6) is 0.634. The molecule has 0 bridgehead atoms. The molecule has 5 heteroatoms. The Morgan fingerprint density at radius 2 is 1.80 bits per heavy atom. The quantitative estimate of drug-likeness (QED) is 0.656. The van der Waals surface area contributed by atoms with Gasteiger partial charge in [0.25, 0.3) is 5.17 Å². The molecule has 0 atom stereocenters. The van der Waals surface area contributed by atoms with E-state index in [4.69, 9.17) is 28.6 Å². The molecule has 0 saturated heterocycles. The molecular formula is C15H15ClN2OS. The van der Waals surface area contributed by atoms with Gasteiger partial charge in [0.1, 0.15) is 5.75 Å². The zero-order chi connectivity index (χ0) is 14.5. The molecule has 20 heavy (non-hydrogen) atoms. The number of rotatable bonds is 3. The maximum absolute atomic E-state index is 5.81. The van der Waals surface area contributed by atoms with Crippen LogP contribution < -0.4 is 15.6 Å². The number of benzene rings is 2. The first-order chi connectivity index (χ1) is 9.56. The normalized spacial score (nSPS) is 9.95. The maximum atomic E-state index is 5.81.